The Morgan fingerprint density at radius 2 is 2.50 bits per heavy atom. The molecule has 66 valence electrons. The summed E-state index contributed by atoms with van der Waals surface area (Å²) in [5.41, 5.74) is 6.97. The van der Waals surface area contributed by atoms with E-state index in [4.69, 9.17) is 5.73 Å². The van der Waals surface area contributed by atoms with Gasteiger partial charge in [0.25, 0.3) is 0 Å². The quantitative estimate of drug-likeness (QED) is 0.688. The number of aliphatic hydroxyl groups excluding tert-OH is 1. The fourth-order valence-electron chi connectivity index (χ4n) is 1.83. The highest BCUT2D eigenvalue weighted by atomic mass is 32.1. The Labute approximate surface area is 76.0 Å². The third-order valence-electron chi connectivity index (χ3n) is 2.55. The molecule has 1 unspecified atom stereocenters. The van der Waals surface area contributed by atoms with E-state index >= 15 is 0 Å². The van der Waals surface area contributed by atoms with E-state index < -0.39 is 5.54 Å². The molecular weight excluding hydrogens is 170 g/mol. The van der Waals surface area contributed by atoms with Gasteiger partial charge in [-0.15, -0.1) is 11.3 Å². The second-order valence-electron chi connectivity index (χ2n) is 3.44. The molecule has 0 aromatic carbocycles. The van der Waals surface area contributed by atoms with Crippen LogP contribution in [0.5, 0.6) is 0 Å². The largest absolute Gasteiger partial charge is 0.394 e. The number of hydrogen-bond donors (Lipinski definition) is 2. The molecule has 0 fully saturated rings. The Balaban J connectivity index is 2.44. The highest BCUT2D eigenvalue weighted by Crippen LogP contribution is 2.36. The van der Waals surface area contributed by atoms with Gasteiger partial charge in [0.1, 0.15) is 0 Å². The van der Waals surface area contributed by atoms with Gasteiger partial charge in [0.05, 0.1) is 12.1 Å². The zero-order valence-electron chi connectivity index (χ0n) is 6.92. The monoisotopic (exact) mass is 183 g/mol. The van der Waals surface area contributed by atoms with Gasteiger partial charge in [-0.1, -0.05) is 0 Å². The first-order valence-electron chi connectivity index (χ1n) is 4.23. The molecule has 3 heteroatoms. The predicted octanol–water partition coefficient (Wildman–Crippen LogP) is 1.23. The van der Waals surface area contributed by atoms with Crippen molar-refractivity contribution < 1.29 is 5.11 Å². The number of aliphatic hydroxyl groups is 1. The normalized spacial score (nSPS) is 28.5. The van der Waals surface area contributed by atoms with Crippen LogP contribution in [-0.4, -0.2) is 11.7 Å². The lowest BCUT2D eigenvalue weighted by molar-refractivity contribution is 0.182. The van der Waals surface area contributed by atoms with Crippen molar-refractivity contribution in [2.75, 3.05) is 6.61 Å². The van der Waals surface area contributed by atoms with Crippen molar-refractivity contribution in [1.82, 2.24) is 0 Å². The number of aryl methyl sites for hydroxylation is 1. The van der Waals surface area contributed by atoms with E-state index in [1.165, 1.54) is 10.4 Å². The lowest BCUT2D eigenvalue weighted by atomic mass is 9.84. The van der Waals surface area contributed by atoms with E-state index in [1.807, 2.05) is 0 Å². The molecule has 1 heterocycles. The summed E-state index contributed by atoms with van der Waals surface area (Å²) >= 11 is 1.67. The highest BCUT2D eigenvalue weighted by molar-refractivity contribution is 7.10. The molecule has 1 aromatic rings. The van der Waals surface area contributed by atoms with Crippen LogP contribution in [0.25, 0.3) is 0 Å². The molecular formula is C9H13NOS. The van der Waals surface area contributed by atoms with Gasteiger partial charge in [0, 0.05) is 4.88 Å². The maximum atomic E-state index is 9.20. The van der Waals surface area contributed by atoms with Crippen molar-refractivity contribution >= 4 is 11.3 Å². The zero-order valence-corrected chi connectivity index (χ0v) is 7.73. The van der Waals surface area contributed by atoms with Gasteiger partial charge in [0.15, 0.2) is 0 Å². The summed E-state index contributed by atoms with van der Waals surface area (Å²) in [6.45, 7) is 0.0700. The average molecular weight is 183 g/mol. The Morgan fingerprint density at radius 3 is 3.25 bits per heavy atom. The minimum atomic E-state index is -0.443. The second-order valence-corrected chi connectivity index (χ2v) is 4.36. The number of hydrogen-bond acceptors (Lipinski definition) is 3. The zero-order chi connectivity index (χ0) is 8.60. The van der Waals surface area contributed by atoms with Crippen molar-refractivity contribution in [3.8, 4) is 0 Å². The fourth-order valence-corrected chi connectivity index (χ4v) is 2.92. The number of rotatable bonds is 1. The van der Waals surface area contributed by atoms with Crippen LogP contribution in [0, 0.1) is 0 Å². The molecule has 0 spiro atoms. The van der Waals surface area contributed by atoms with Gasteiger partial charge in [0.2, 0.25) is 0 Å². The molecule has 0 saturated carbocycles. The van der Waals surface area contributed by atoms with Gasteiger partial charge >= 0.3 is 0 Å². The molecule has 0 bridgehead atoms. The van der Waals surface area contributed by atoms with Gasteiger partial charge in [-0.05, 0) is 36.3 Å². The lowest BCUT2D eigenvalue weighted by Gasteiger charge is -2.31. The number of thiophene rings is 1. The van der Waals surface area contributed by atoms with E-state index in [9.17, 15) is 5.11 Å². The summed E-state index contributed by atoms with van der Waals surface area (Å²) in [5.74, 6) is 0. The molecule has 2 nitrogen and oxygen atoms in total. The van der Waals surface area contributed by atoms with Gasteiger partial charge < -0.3 is 10.8 Å². The summed E-state index contributed by atoms with van der Waals surface area (Å²) < 4.78 is 0. The Morgan fingerprint density at radius 1 is 1.67 bits per heavy atom. The summed E-state index contributed by atoms with van der Waals surface area (Å²) in [4.78, 5) is 1.19. The van der Waals surface area contributed by atoms with E-state index in [0.29, 0.717) is 0 Å². The topological polar surface area (TPSA) is 46.2 Å². The standard InChI is InChI=1S/C9H13NOS/c10-9(6-11)4-1-2-7-3-5-12-8(7)9/h3,5,11H,1-2,4,6,10H2. The van der Waals surface area contributed by atoms with Gasteiger partial charge in [-0.25, -0.2) is 0 Å². The van der Waals surface area contributed by atoms with Crippen LogP contribution in [0.1, 0.15) is 23.3 Å². The first-order valence-corrected chi connectivity index (χ1v) is 5.11. The van der Waals surface area contributed by atoms with Crippen LogP contribution >= 0.6 is 11.3 Å². The molecule has 1 aromatic heterocycles. The smallest absolute Gasteiger partial charge is 0.0740 e. The molecule has 0 saturated heterocycles. The van der Waals surface area contributed by atoms with Crippen molar-refractivity contribution in [1.29, 1.82) is 0 Å². The fraction of sp³-hybridized carbons (Fsp3) is 0.556. The maximum absolute atomic E-state index is 9.20. The molecule has 0 aliphatic heterocycles. The van der Waals surface area contributed by atoms with E-state index in [-0.39, 0.29) is 6.61 Å². The summed E-state index contributed by atoms with van der Waals surface area (Å²) in [5, 5.41) is 11.3. The van der Waals surface area contributed by atoms with Gasteiger partial charge in [-0.3, -0.25) is 0 Å². The lowest BCUT2D eigenvalue weighted by Crippen LogP contribution is -2.42. The minimum Gasteiger partial charge on any atom is -0.394 e. The molecule has 0 radical (unpaired) electrons. The average Bonchev–Trinajstić information content (AvgIpc) is 2.54. The van der Waals surface area contributed by atoms with Crippen LogP contribution in [-0.2, 0) is 12.0 Å². The molecule has 1 aliphatic carbocycles. The highest BCUT2D eigenvalue weighted by Gasteiger charge is 2.32. The first kappa shape index (κ1) is 8.23. The number of fused-ring (bicyclic) bond motifs is 1. The number of nitrogens with two attached hydrogens (primary N) is 1. The van der Waals surface area contributed by atoms with Crippen LogP contribution in [0.15, 0.2) is 11.4 Å². The molecule has 12 heavy (non-hydrogen) atoms. The van der Waals surface area contributed by atoms with E-state index in [2.05, 4.69) is 11.4 Å². The third kappa shape index (κ3) is 1.09. The Hall–Kier alpha value is -0.380. The van der Waals surface area contributed by atoms with E-state index in [1.54, 1.807) is 11.3 Å². The second kappa shape index (κ2) is 2.83. The summed E-state index contributed by atoms with van der Waals surface area (Å²) in [6.07, 6.45) is 3.13. The molecule has 1 aliphatic rings. The van der Waals surface area contributed by atoms with Crippen molar-refractivity contribution in [2.45, 2.75) is 24.8 Å². The SMILES string of the molecule is NC1(CO)CCCc2ccsc21. The Kier molecular flexibility index (Phi) is 1.94. The molecule has 1 atom stereocenters. The minimum absolute atomic E-state index is 0.0700. The van der Waals surface area contributed by atoms with Crippen molar-refractivity contribution in [3.05, 3.63) is 21.9 Å². The van der Waals surface area contributed by atoms with Crippen LogP contribution in [0.4, 0.5) is 0 Å². The molecule has 3 N–H and O–H groups in total. The van der Waals surface area contributed by atoms with Gasteiger partial charge in [-0.2, -0.15) is 0 Å². The van der Waals surface area contributed by atoms with Crippen molar-refractivity contribution in [3.63, 3.8) is 0 Å². The van der Waals surface area contributed by atoms with E-state index in [0.717, 1.165) is 19.3 Å². The van der Waals surface area contributed by atoms with Crippen molar-refractivity contribution in [2.24, 2.45) is 5.73 Å². The summed E-state index contributed by atoms with van der Waals surface area (Å²) in [7, 11) is 0. The predicted molar refractivity (Wildman–Crippen MR) is 50.2 cm³/mol. The van der Waals surface area contributed by atoms with Crippen LogP contribution in [0.2, 0.25) is 0 Å². The molecule has 0 amide bonds. The Bertz CT molecular complexity index is 284. The third-order valence-corrected chi connectivity index (χ3v) is 3.73. The van der Waals surface area contributed by atoms with Crippen LogP contribution < -0.4 is 5.73 Å². The first-order chi connectivity index (χ1) is 5.76. The summed E-state index contributed by atoms with van der Waals surface area (Å²) in [6, 6.07) is 2.12. The molecule has 2 rings (SSSR count). The maximum Gasteiger partial charge on any atom is 0.0740 e. The van der Waals surface area contributed by atoms with Crippen LogP contribution in [0.3, 0.4) is 0 Å².